The van der Waals surface area contributed by atoms with E-state index in [0.29, 0.717) is 17.8 Å². The molecule has 25 heavy (non-hydrogen) atoms. The molecular formula is C23H25NO. The standard InChI is InChI=1S/C23H25NO/c1-3-8-15(2)23(25)24-14-16-13-21-17-9-4-6-11-19(17)22(16)20-12-7-5-10-18(20)21/h4-12,16,21-22H,3,13-14H2,1-2H3,(H,24,25). The number of benzene rings is 2. The maximum atomic E-state index is 12.3. The van der Waals surface area contributed by atoms with Crippen LogP contribution in [0.1, 0.15) is 60.8 Å². The van der Waals surface area contributed by atoms with Gasteiger partial charge in [-0.2, -0.15) is 0 Å². The summed E-state index contributed by atoms with van der Waals surface area (Å²) in [6, 6.07) is 17.7. The van der Waals surface area contributed by atoms with Gasteiger partial charge in [0.2, 0.25) is 5.91 Å². The van der Waals surface area contributed by atoms with Gasteiger partial charge in [-0.1, -0.05) is 61.5 Å². The zero-order valence-electron chi connectivity index (χ0n) is 15.0. The Balaban J connectivity index is 1.63. The molecule has 1 amide bonds. The molecular weight excluding hydrogens is 306 g/mol. The van der Waals surface area contributed by atoms with E-state index in [1.54, 1.807) is 0 Å². The van der Waals surface area contributed by atoms with Crippen LogP contribution in [0.15, 0.2) is 60.2 Å². The average molecular weight is 331 g/mol. The van der Waals surface area contributed by atoms with E-state index in [1.807, 2.05) is 13.0 Å². The Morgan fingerprint density at radius 3 is 2.16 bits per heavy atom. The highest BCUT2D eigenvalue weighted by Crippen LogP contribution is 2.55. The molecule has 0 saturated heterocycles. The number of rotatable bonds is 4. The summed E-state index contributed by atoms with van der Waals surface area (Å²) in [6.07, 6.45) is 4.01. The van der Waals surface area contributed by atoms with Crippen molar-refractivity contribution in [1.82, 2.24) is 5.32 Å². The highest BCUT2D eigenvalue weighted by atomic mass is 16.1. The molecule has 2 nitrogen and oxygen atoms in total. The largest absolute Gasteiger partial charge is 0.352 e. The Bertz CT molecular complexity index is 788. The van der Waals surface area contributed by atoms with Crippen molar-refractivity contribution in [2.45, 2.75) is 38.5 Å². The van der Waals surface area contributed by atoms with Gasteiger partial charge in [0.05, 0.1) is 0 Å². The lowest BCUT2D eigenvalue weighted by molar-refractivity contribution is -0.117. The van der Waals surface area contributed by atoms with Gasteiger partial charge in [-0.25, -0.2) is 0 Å². The molecule has 1 N–H and O–H groups in total. The normalized spacial score (nSPS) is 23.8. The third-order valence-corrected chi connectivity index (χ3v) is 5.82. The number of nitrogens with one attached hydrogen (secondary N) is 1. The molecule has 5 rings (SSSR count). The Labute approximate surface area is 150 Å². The molecule has 3 aliphatic rings. The van der Waals surface area contributed by atoms with Crippen LogP contribution in [-0.4, -0.2) is 12.5 Å². The van der Waals surface area contributed by atoms with Crippen LogP contribution in [0.25, 0.3) is 0 Å². The zero-order chi connectivity index (χ0) is 17.4. The van der Waals surface area contributed by atoms with Crippen LogP contribution in [0.5, 0.6) is 0 Å². The van der Waals surface area contributed by atoms with Crippen LogP contribution in [-0.2, 0) is 4.79 Å². The smallest absolute Gasteiger partial charge is 0.246 e. The first kappa shape index (κ1) is 16.1. The fourth-order valence-electron chi connectivity index (χ4n) is 4.72. The van der Waals surface area contributed by atoms with Crippen LogP contribution in [0, 0.1) is 5.92 Å². The summed E-state index contributed by atoms with van der Waals surface area (Å²) in [6.45, 7) is 4.71. The summed E-state index contributed by atoms with van der Waals surface area (Å²) in [7, 11) is 0. The van der Waals surface area contributed by atoms with Crippen molar-refractivity contribution in [1.29, 1.82) is 0 Å². The molecule has 2 aromatic carbocycles. The van der Waals surface area contributed by atoms with Gasteiger partial charge in [0.25, 0.3) is 0 Å². The molecule has 0 radical (unpaired) electrons. The van der Waals surface area contributed by atoms with E-state index < -0.39 is 0 Å². The lowest BCUT2D eigenvalue weighted by atomic mass is 9.59. The summed E-state index contributed by atoms with van der Waals surface area (Å²) in [4.78, 5) is 12.3. The van der Waals surface area contributed by atoms with Crippen molar-refractivity contribution in [2.24, 2.45) is 5.92 Å². The minimum atomic E-state index is 0.0740. The van der Waals surface area contributed by atoms with Crippen LogP contribution >= 0.6 is 0 Å². The number of fused-ring (bicyclic) bond motifs is 1. The van der Waals surface area contributed by atoms with E-state index in [-0.39, 0.29) is 5.91 Å². The number of carbonyl (C=O) groups is 1. The van der Waals surface area contributed by atoms with Crippen LogP contribution in [0.2, 0.25) is 0 Å². The molecule has 2 aromatic rings. The second kappa shape index (κ2) is 6.51. The molecule has 128 valence electrons. The van der Waals surface area contributed by atoms with Gasteiger partial charge in [0.15, 0.2) is 0 Å². The predicted octanol–water partition coefficient (Wildman–Crippen LogP) is 4.76. The average Bonchev–Trinajstić information content (AvgIpc) is 2.66. The molecule has 0 saturated carbocycles. The van der Waals surface area contributed by atoms with E-state index in [2.05, 4.69) is 60.8 Å². The Morgan fingerprint density at radius 1 is 1.04 bits per heavy atom. The molecule has 2 bridgehead atoms. The Morgan fingerprint density at radius 2 is 1.60 bits per heavy atom. The van der Waals surface area contributed by atoms with Crippen LogP contribution in [0.3, 0.4) is 0 Å². The molecule has 0 aromatic heterocycles. The van der Waals surface area contributed by atoms with Gasteiger partial charge >= 0.3 is 0 Å². The molecule has 3 aliphatic carbocycles. The molecule has 0 aliphatic heterocycles. The van der Waals surface area contributed by atoms with Crippen LogP contribution < -0.4 is 5.32 Å². The molecule has 1 atom stereocenters. The van der Waals surface area contributed by atoms with Crippen molar-refractivity contribution in [3.63, 3.8) is 0 Å². The summed E-state index contributed by atoms with van der Waals surface area (Å²) in [5.41, 5.74) is 6.70. The highest BCUT2D eigenvalue weighted by molar-refractivity contribution is 5.92. The quantitative estimate of drug-likeness (QED) is 0.804. The minimum absolute atomic E-state index is 0.0740. The maximum Gasteiger partial charge on any atom is 0.246 e. The summed E-state index contributed by atoms with van der Waals surface area (Å²) >= 11 is 0. The number of amides is 1. The predicted molar refractivity (Wildman–Crippen MR) is 102 cm³/mol. The SMILES string of the molecule is CCC=C(C)C(=O)NCC1CC2c3ccccc3C1c1ccccc12. The van der Waals surface area contributed by atoms with Gasteiger partial charge < -0.3 is 5.32 Å². The minimum Gasteiger partial charge on any atom is -0.352 e. The molecule has 0 fully saturated rings. The number of hydrogen-bond donors (Lipinski definition) is 1. The molecule has 2 heteroatoms. The van der Waals surface area contributed by atoms with Gasteiger partial charge in [-0.05, 0) is 47.9 Å². The van der Waals surface area contributed by atoms with Crippen molar-refractivity contribution >= 4 is 5.91 Å². The first-order valence-electron chi connectivity index (χ1n) is 9.33. The second-order valence-electron chi connectivity index (χ2n) is 7.29. The van der Waals surface area contributed by atoms with E-state index in [0.717, 1.165) is 25.0 Å². The molecule has 0 heterocycles. The van der Waals surface area contributed by atoms with Gasteiger partial charge in [0, 0.05) is 24.0 Å². The first-order valence-corrected chi connectivity index (χ1v) is 9.33. The van der Waals surface area contributed by atoms with E-state index >= 15 is 0 Å². The topological polar surface area (TPSA) is 29.1 Å². The van der Waals surface area contributed by atoms with E-state index in [9.17, 15) is 4.79 Å². The Kier molecular flexibility index (Phi) is 4.20. The third-order valence-electron chi connectivity index (χ3n) is 5.82. The molecule has 0 spiro atoms. The number of carbonyl (C=O) groups excluding carboxylic acids is 1. The fourth-order valence-corrected chi connectivity index (χ4v) is 4.72. The lowest BCUT2D eigenvalue weighted by Crippen LogP contribution is -2.39. The third kappa shape index (κ3) is 2.70. The van der Waals surface area contributed by atoms with E-state index in [1.165, 1.54) is 22.3 Å². The van der Waals surface area contributed by atoms with Gasteiger partial charge in [-0.3, -0.25) is 4.79 Å². The van der Waals surface area contributed by atoms with Crippen molar-refractivity contribution < 1.29 is 4.79 Å². The monoisotopic (exact) mass is 331 g/mol. The Hall–Kier alpha value is -2.35. The van der Waals surface area contributed by atoms with Crippen LogP contribution in [0.4, 0.5) is 0 Å². The number of allylic oxidation sites excluding steroid dienone is 1. The highest BCUT2D eigenvalue weighted by Gasteiger charge is 2.42. The summed E-state index contributed by atoms with van der Waals surface area (Å²) in [5, 5.41) is 3.18. The van der Waals surface area contributed by atoms with E-state index in [4.69, 9.17) is 0 Å². The van der Waals surface area contributed by atoms with Crippen molar-refractivity contribution in [3.05, 3.63) is 82.4 Å². The van der Waals surface area contributed by atoms with Gasteiger partial charge in [-0.15, -0.1) is 0 Å². The lowest BCUT2D eigenvalue weighted by Gasteiger charge is -2.45. The summed E-state index contributed by atoms with van der Waals surface area (Å²) < 4.78 is 0. The molecule has 1 unspecified atom stereocenters. The van der Waals surface area contributed by atoms with Crippen molar-refractivity contribution in [3.8, 4) is 0 Å². The number of hydrogen-bond acceptors (Lipinski definition) is 1. The second-order valence-corrected chi connectivity index (χ2v) is 7.29. The maximum absolute atomic E-state index is 12.3. The fraction of sp³-hybridized carbons (Fsp3) is 0.348. The summed E-state index contributed by atoms with van der Waals surface area (Å²) in [5.74, 6) is 1.40. The van der Waals surface area contributed by atoms with Gasteiger partial charge in [0.1, 0.15) is 0 Å². The first-order chi connectivity index (χ1) is 12.2. The van der Waals surface area contributed by atoms with Crippen molar-refractivity contribution in [2.75, 3.05) is 6.54 Å². The zero-order valence-corrected chi connectivity index (χ0v) is 15.0.